The quantitative estimate of drug-likeness (QED) is 0.530. The zero-order chi connectivity index (χ0) is 16.5. The molecular formula is C20H24O3. The van der Waals surface area contributed by atoms with E-state index >= 15 is 0 Å². The molecule has 0 N–H and O–H groups in total. The lowest BCUT2D eigenvalue weighted by atomic mass is 10.1. The molecule has 2 rings (SSSR count). The average Bonchev–Trinajstić information content (AvgIpc) is 2.60. The lowest BCUT2D eigenvalue weighted by molar-refractivity contribution is -0.134. The third kappa shape index (κ3) is 5.87. The molecule has 3 heteroatoms. The van der Waals surface area contributed by atoms with Crippen molar-refractivity contribution < 1.29 is 14.3 Å². The standard InChI is InChI=1S/C20H24O3/c1-3-18(22-15-17-8-6-5-7-9-17)14-16-10-12-19(13-11-16)23-20(21)4-2/h5-13,18H,3-4,14-15H2,1-2H3. The van der Waals surface area contributed by atoms with Crippen LogP contribution in [-0.2, 0) is 22.6 Å². The number of ether oxygens (including phenoxy) is 2. The van der Waals surface area contributed by atoms with Gasteiger partial charge in [0.05, 0.1) is 12.7 Å². The molecule has 2 aromatic rings. The van der Waals surface area contributed by atoms with Crippen LogP contribution in [0.15, 0.2) is 54.6 Å². The van der Waals surface area contributed by atoms with Crippen molar-refractivity contribution >= 4 is 5.97 Å². The minimum absolute atomic E-state index is 0.180. The Bertz CT molecular complexity index is 590. The van der Waals surface area contributed by atoms with Gasteiger partial charge >= 0.3 is 5.97 Å². The summed E-state index contributed by atoms with van der Waals surface area (Å²) >= 11 is 0. The maximum Gasteiger partial charge on any atom is 0.310 e. The topological polar surface area (TPSA) is 35.5 Å². The van der Waals surface area contributed by atoms with Crippen LogP contribution < -0.4 is 4.74 Å². The van der Waals surface area contributed by atoms with Crippen LogP contribution in [0.3, 0.4) is 0 Å². The number of benzene rings is 2. The Morgan fingerprint density at radius 3 is 2.26 bits per heavy atom. The van der Waals surface area contributed by atoms with Crippen molar-refractivity contribution in [2.45, 2.75) is 45.8 Å². The predicted molar refractivity (Wildman–Crippen MR) is 91.4 cm³/mol. The lowest BCUT2D eigenvalue weighted by Gasteiger charge is -2.16. The number of hydrogen-bond donors (Lipinski definition) is 0. The summed E-state index contributed by atoms with van der Waals surface area (Å²) in [5.74, 6) is 0.384. The van der Waals surface area contributed by atoms with Gasteiger partial charge in [0.15, 0.2) is 0 Å². The van der Waals surface area contributed by atoms with Gasteiger partial charge in [-0.2, -0.15) is 0 Å². The van der Waals surface area contributed by atoms with Crippen molar-refractivity contribution in [1.29, 1.82) is 0 Å². The normalized spacial score (nSPS) is 11.9. The largest absolute Gasteiger partial charge is 0.427 e. The number of carbonyl (C=O) groups excluding carboxylic acids is 1. The minimum Gasteiger partial charge on any atom is -0.427 e. The van der Waals surface area contributed by atoms with Crippen LogP contribution in [-0.4, -0.2) is 12.1 Å². The molecule has 3 nitrogen and oxygen atoms in total. The van der Waals surface area contributed by atoms with Crippen LogP contribution in [0.4, 0.5) is 0 Å². The molecule has 1 atom stereocenters. The van der Waals surface area contributed by atoms with Gasteiger partial charge in [-0.3, -0.25) is 4.79 Å². The molecule has 0 aromatic heterocycles. The van der Waals surface area contributed by atoms with Crippen molar-refractivity contribution in [3.8, 4) is 5.75 Å². The summed E-state index contributed by atoms with van der Waals surface area (Å²) in [6, 6.07) is 17.9. The van der Waals surface area contributed by atoms with E-state index in [4.69, 9.17) is 9.47 Å². The molecule has 0 saturated carbocycles. The van der Waals surface area contributed by atoms with Crippen LogP contribution >= 0.6 is 0 Å². The molecule has 2 aromatic carbocycles. The zero-order valence-electron chi connectivity index (χ0n) is 13.8. The Morgan fingerprint density at radius 2 is 1.65 bits per heavy atom. The monoisotopic (exact) mass is 312 g/mol. The second-order valence-corrected chi connectivity index (χ2v) is 5.50. The first-order valence-corrected chi connectivity index (χ1v) is 8.16. The third-order valence-corrected chi connectivity index (χ3v) is 3.69. The van der Waals surface area contributed by atoms with E-state index in [-0.39, 0.29) is 12.1 Å². The first-order chi connectivity index (χ1) is 11.2. The molecule has 0 amide bonds. The van der Waals surface area contributed by atoms with Crippen molar-refractivity contribution in [2.24, 2.45) is 0 Å². The summed E-state index contributed by atoms with van der Waals surface area (Å²) in [5.41, 5.74) is 2.37. The predicted octanol–water partition coefficient (Wildman–Crippen LogP) is 4.54. The Balaban J connectivity index is 1.87. The summed E-state index contributed by atoms with van der Waals surface area (Å²) in [6.45, 7) is 4.55. The third-order valence-electron chi connectivity index (χ3n) is 3.69. The second-order valence-electron chi connectivity index (χ2n) is 5.50. The van der Waals surface area contributed by atoms with Gasteiger partial charge in [0.2, 0.25) is 0 Å². The number of carbonyl (C=O) groups is 1. The van der Waals surface area contributed by atoms with E-state index in [0.717, 1.165) is 12.8 Å². The summed E-state index contributed by atoms with van der Waals surface area (Å²) in [7, 11) is 0. The minimum atomic E-state index is -0.213. The van der Waals surface area contributed by atoms with E-state index in [1.165, 1.54) is 11.1 Å². The summed E-state index contributed by atoms with van der Waals surface area (Å²) in [4.78, 5) is 11.3. The summed E-state index contributed by atoms with van der Waals surface area (Å²) in [5, 5.41) is 0. The van der Waals surface area contributed by atoms with Gasteiger partial charge in [0.1, 0.15) is 5.75 Å². The van der Waals surface area contributed by atoms with Gasteiger partial charge in [-0.15, -0.1) is 0 Å². The Labute approximate surface area is 138 Å². The lowest BCUT2D eigenvalue weighted by Crippen LogP contribution is -2.15. The molecule has 0 aliphatic rings. The van der Waals surface area contributed by atoms with Gasteiger partial charge in [0, 0.05) is 6.42 Å². The zero-order valence-corrected chi connectivity index (χ0v) is 13.8. The van der Waals surface area contributed by atoms with Gasteiger partial charge in [0.25, 0.3) is 0 Å². The highest BCUT2D eigenvalue weighted by Crippen LogP contribution is 2.16. The Morgan fingerprint density at radius 1 is 0.957 bits per heavy atom. The highest BCUT2D eigenvalue weighted by Gasteiger charge is 2.09. The van der Waals surface area contributed by atoms with E-state index < -0.39 is 0 Å². The first-order valence-electron chi connectivity index (χ1n) is 8.16. The fourth-order valence-corrected chi connectivity index (χ4v) is 2.27. The highest BCUT2D eigenvalue weighted by molar-refractivity contribution is 5.71. The molecule has 0 fully saturated rings. The fourth-order valence-electron chi connectivity index (χ4n) is 2.27. The SMILES string of the molecule is CCC(=O)Oc1ccc(CC(CC)OCc2ccccc2)cc1. The molecule has 0 spiro atoms. The van der Waals surface area contributed by atoms with Gasteiger partial charge in [-0.05, 0) is 36.1 Å². The van der Waals surface area contributed by atoms with Crippen molar-refractivity contribution in [1.82, 2.24) is 0 Å². The maximum absolute atomic E-state index is 11.3. The summed E-state index contributed by atoms with van der Waals surface area (Å²) in [6.07, 6.45) is 2.37. The van der Waals surface area contributed by atoms with Crippen LogP contribution in [0.5, 0.6) is 5.75 Å². The van der Waals surface area contributed by atoms with Crippen molar-refractivity contribution in [3.63, 3.8) is 0 Å². The van der Waals surface area contributed by atoms with E-state index in [9.17, 15) is 4.79 Å². The second kappa shape index (κ2) is 9.11. The molecule has 0 heterocycles. The number of esters is 1. The van der Waals surface area contributed by atoms with Gasteiger partial charge in [-0.25, -0.2) is 0 Å². The van der Waals surface area contributed by atoms with Crippen LogP contribution in [0.25, 0.3) is 0 Å². The van der Waals surface area contributed by atoms with Crippen LogP contribution in [0.2, 0.25) is 0 Å². The van der Waals surface area contributed by atoms with Crippen LogP contribution in [0, 0.1) is 0 Å². The van der Waals surface area contributed by atoms with Crippen molar-refractivity contribution in [3.05, 3.63) is 65.7 Å². The van der Waals surface area contributed by atoms with E-state index in [1.54, 1.807) is 6.92 Å². The molecule has 0 saturated heterocycles. The van der Waals surface area contributed by atoms with Crippen LogP contribution in [0.1, 0.15) is 37.8 Å². The Kier molecular flexibility index (Phi) is 6.82. The molecule has 0 radical (unpaired) electrons. The smallest absolute Gasteiger partial charge is 0.310 e. The molecule has 1 unspecified atom stereocenters. The molecule has 0 aliphatic heterocycles. The van der Waals surface area contributed by atoms with Gasteiger partial charge < -0.3 is 9.47 Å². The number of rotatable bonds is 8. The summed E-state index contributed by atoms with van der Waals surface area (Å²) < 4.78 is 11.2. The van der Waals surface area contributed by atoms with E-state index in [0.29, 0.717) is 18.8 Å². The van der Waals surface area contributed by atoms with Crippen molar-refractivity contribution in [2.75, 3.05) is 0 Å². The molecule has 0 bridgehead atoms. The average molecular weight is 312 g/mol. The molecular weight excluding hydrogens is 288 g/mol. The first kappa shape index (κ1) is 17.2. The highest BCUT2D eigenvalue weighted by atomic mass is 16.5. The van der Waals surface area contributed by atoms with E-state index in [2.05, 4.69) is 19.1 Å². The maximum atomic E-state index is 11.3. The molecule has 23 heavy (non-hydrogen) atoms. The van der Waals surface area contributed by atoms with E-state index in [1.807, 2.05) is 42.5 Å². The molecule has 0 aliphatic carbocycles. The molecule has 122 valence electrons. The fraction of sp³-hybridized carbons (Fsp3) is 0.350. The van der Waals surface area contributed by atoms with Gasteiger partial charge in [-0.1, -0.05) is 56.3 Å². The number of hydrogen-bond acceptors (Lipinski definition) is 3. The Hall–Kier alpha value is -2.13.